The van der Waals surface area contributed by atoms with E-state index in [-0.39, 0.29) is 5.41 Å². The Kier molecular flexibility index (Phi) is 5.42. The van der Waals surface area contributed by atoms with E-state index in [9.17, 15) is 0 Å². The smallest absolute Gasteiger partial charge is 0.0702 e. The number of nitriles is 1. The van der Waals surface area contributed by atoms with Crippen molar-refractivity contribution in [3.8, 4) is 6.07 Å². The van der Waals surface area contributed by atoms with Gasteiger partial charge in [0.15, 0.2) is 0 Å². The fraction of sp³-hybridized carbons (Fsp3) is 0.929. The molecule has 0 aromatic rings. The van der Waals surface area contributed by atoms with Crippen molar-refractivity contribution in [1.82, 2.24) is 4.90 Å². The van der Waals surface area contributed by atoms with E-state index in [1.54, 1.807) is 0 Å². The summed E-state index contributed by atoms with van der Waals surface area (Å²) in [6, 6.07) is 2.94. The van der Waals surface area contributed by atoms with Crippen LogP contribution in [0.1, 0.15) is 46.5 Å². The zero-order valence-electron chi connectivity index (χ0n) is 11.7. The molecule has 0 bridgehead atoms. The number of hydrogen-bond donors (Lipinski definition) is 0. The van der Waals surface area contributed by atoms with Gasteiger partial charge in [-0.05, 0) is 53.6 Å². The van der Waals surface area contributed by atoms with E-state index in [0.717, 1.165) is 32.4 Å². The molecule has 0 amide bonds. The number of hydrogen-bond acceptors (Lipinski definition) is 3. The lowest BCUT2D eigenvalue weighted by molar-refractivity contribution is 0.0829. The highest BCUT2D eigenvalue weighted by Crippen LogP contribution is 2.23. The van der Waals surface area contributed by atoms with E-state index in [2.05, 4.69) is 24.9 Å². The fourth-order valence-electron chi connectivity index (χ4n) is 2.45. The van der Waals surface area contributed by atoms with Crippen LogP contribution in [0, 0.1) is 16.7 Å². The third kappa shape index (κ3) is 4.65. The summed E-state index contributed by atoms with van der Waals surface area (Å²) < 4.78 is 5.58. The van der Waals surface area contributed by atoms with Crippen LogP contribution in [0.25, 0.3) is 0 Å². The molecule has 2 atom stereocenters. The number of nitrogens with zero attached hydrogens (tertiary/aromatic N) is 2. The minimum atomic E-state index is -0.164. The fourth-order valence-corrected chi connectivity index (χ4v) is 2.45. The molecule has 0 aromatic heterocycles. The van der Waals surface area contributed by atoms with Gasteiger partial charge < -0.3 is 9.64 Å². The van der Waals surface area contributed by atoms with E-state index >= 15 is 0 Å². The zero-order valence-corrected chi connectivity index (χ0v) is 11.7. The van der Waals surface area contributed by atoms with Gasteiger partial charge in [-0.2, -0.15) is 5.26 Å². The predicted octanol–water partition coefficient (Wildman–Crippen LogP) is 2.82. The Morgan fingerprint density at radius 2 is 2.12 bits per heavy atom. The van der Waals surface area contributed by atoms with Crippen LogP contribution in [-0.4, -0.2) is 37.2 Å². The average Bonchev–Trinajstić information content (AvgIpc) is 2.71. The first kappa shape index (κ1) is 14.5. The Morgan fingerprint density at radius 1 is 1.41 bits per heavy atom. The summed E-state index contributed by atoms with van der Waals surface area (Å²) in [5.74, 6) is 0. The van der Waals surface area contributed by atoms with Crippen molar-refractivity contribution in [3.05, 3.63) is 0 Å². The molecule has 3 nitrogen and oxygen atoms in total. The molecule has 1 rings (SSSR count). The molecule has 1 aliphatic rings. The van der Waals surface area contributed by atoms with Crippen LogP contribution in [0.3, 0.4) is 0 Å². The average molecular weight is 238 g/mol. The monoisotopic (exact) mass is 238 g/mol. The second kappa shape index (κ2) is 6.37. The maximum Gasteiger partial charge on any atom is 0.0702 e. The Balaban J connectivity index is 2.17. The van der Waals surface area contributed by atoms with E-state index in [1.807, 2.05) is 13.8 Å². The highest BCUT2D eigenvalue weighted by atomic mass is 16.5. The molecule has 98 valence electrons. The Bertz CT molecular complexity index is 270. The largest absolute Gasteiger partial charge is 0.377 e. The van der Waals surface area contributed by atoms with Crippen molar-refractivity contribution >= 4 is 0 Å². The van der Waals surface area contributed by atoms with E-state index in [0.29, 0.717) is 12.1 Å². The van der Waals surface area contributed by atoms with Crippen LogP contribution in [-0.2, 0) is 4.74 Å². The number of ether oxygens (including phenoxy) is 1. The van der Waals surface area contributed by atoms with Crippen molar-refractivity contribution < 1.29 is 4.74 Å². The van der Waals surface area contributed by atoms with Gasteiger partial charge in [0.25, 0.3) is 0 Å². The highest BCUT2D eigenvalue weighted by Gasteiger charge is 2.27. The number of unbranched alkanes of at least 4 members (excludes halogenated alkanes) is 1. The molecule has 17 heavy (non-hydrogen) atoms. The molecule has 1 fully saturated rings. The molecule has 0 spiro atoms. The van der Waals surface area contributed by atoms with E-state index in [4.69, 9.17) is 10.00 Å². The van der Waals surface area contributed by atoms with Gasteiger partial charge in [0, 0.05) is 12.6 Å². The Morgan fingerprint density at radius 3 is 2.65 bits per heavy atom. The van der Waals surface area contributed by atoms with Gasteiger partial charge in [-0.15, -0.1) is 0 Å². The summed E-state index contributed by atoms with van der Waals surface area (Å²) in [6.45, 7) is 8.21. The highest BCUT2D eigenvalue weighted by molar-refractivity contribution is 4.91. The van der Waals surface area contributed by atoms with Crippen LogP contribution >= 0.6 is 0 Å². The minimum absolute atomic E-state index is 0.164. The maximum absolute atomic E-state index is 8.93. The minimum Gasteiger partial charge on any atom is -0.377 e. The summed E-state index contributed by atoms with van der Waals surface area (Å²) in [7, 11) is 2.19. The zero-order chi connectivity index (χ0) is 12.9. The van der Waals surface area contributed by atoms with Gasteiger partial charge in [-0.3, -0.25) is 0 Å². The van der Waals surface area contributed by atoms with E-state index in [1.165, 1.54) is 6.42 Å². The number of rotatable bonds is 6. The van der Waals surface area contributed by atoms with Crippen LogP contribution in [0.2, 0.25) is 0 Å². The van der Waals surface area contributed by atoms with Crippen LogP contribution < -0.4 is 0 Å². The van der Waals surface area contributed by atoms with Gasteiger partial charge in [0.1, 0.15) is 0 Å². The molecule has 0 N–H and O–H groups in total. The molecule has 0 radical (unpaired) electrons. The molecule has 1 saturated heterocycles. The van der Waals surface area contributed by atoms with Crippen LogP contribution in [0.4, 0.5) is 0 Å². The summed E-state index contributed by atoms with van der Waals surface area (Å²) in [5, 5.41) is 8.93. The van der Waals surface area contributed by atoms with Crippen molar-refractivity contribution in [3.63, 3.8) is 0 Å². The SMILES string of the molecule is CC1OCCC1N(C)CCCCC(C)(C)C#N. The topological polar surface area (TPSA) is 36.3 Å². The van der Waals surface area contributed by atoms with Crippen molar-refractivity contribution in [2.24, 2.45) is 5.41 Å². The van der Waals surface area contributed by atoms with Gasteiger partial charge in [0.2, 0.25) is 0 Å². The van der Waals surface area contributed by atoms with Crippen LogP contribution in [0.15, 0.2) is 0 Å². The van der Waals surface area contributed by atoms with Crippen molar-refractivity contribution in [1.29, 1.82) is 5.26 Å². The summed E-state index contributed by atoms with van der Waals surface area (Å²) >= 11 is 0. The molecule has 1 aliphatic heterocycles. The Labute approximate surface area is 106 Å². The third-order valence-electron chi connectivity index (χ3n) is 3.77. The molecule has 0 aliphatic carbocycles. The summed E-state index contributed by atoms with van der Waals surface area (Å²) in [6.07, 6.45) is 4.82. The quantitative estimate of drug-likeness (QED) is 0.668. The molecule has 0 aromatic carbocycles. The third-order valence-corrected chi connectivity index (χ3v) is 3.77. The first-order chi connectivity index (χ1) is 7.96. The summed E-state index contributed by atoms with van der Waals surface area (Å²) in [5.41, 5.74) is -0.164. The second-order valence-corrected chi connectivity index (χ2v) is 5.87. The predicted molar refractivity (Wildman–Crippen MR) is 69.7 cm³/mol. The second-order valence-electron chi connectivity index (χ2n) is 5.87. The Hall–Kier alpha value is -0.590. The molecular formula is C14H26N2O. The van der Waals surface area contributed by atoms with Gasteiger partial charge >= 0.3 is 0 Å². The first-order valence-electron chi connectivity index (χ1n) is 6.69. The maximum atomic E-state index is 8.93. The van der Waals surface area contributed by atoms with E-state index < -0.39 is 0 Å². The molecule has 3 heteroatoms. The normalized spacial score (nSPS) is 25.2. The first-order valence-corrected chi connectivity index (χ1v) is 6.69. The molecule has 0 saturated carbocycles. The standard InChI is InChI=1S/C14H26N2O/c1-12-13(7-10-17-12)16(4)9-6-5-8-14(2,3)11-15/h12-13H,5-10H2,1-4H3. The van der Waals surface area contributed by atoms with Crippen molar-refractivity contribution in [2.45, 2.75) is 58.6 Å². The molecule has 2 unspecified atom stereocenters. The lowest BCUT2D eigenvalue weighted by Crippen LogP contribution is -2.37. The van der Waals surface area contributed by atoms with Gasteiger partial charge in [-0.25, -0.2) is 0 Å². The molecule has 1 heterocycles. The lowest BCUT2D eigenvalue weighted by Gasteiger charge is -2.26. The molecular weight excluding hydrogens is 212 g/mol. The number of likely N-dealkylation sites (N-methyl/N-ethyl adjacent to an activating group) is 1. The van der Waals surface area contributed by atoms with Gasteiger partial charge in [-0.1, -0.05) is 6.42 Å². The van der Waals surface area contributed by atoms with Crippen molar-refractivity contribution in [2.75, 3.05) is 20.2 Å². The summed E-state index contributed by atoms with van der Waals surface area (Å²) in [4.78, 5) is 2.41. The van der Waals surface area contributed by atoms with Gasteiger partial charge in [0.05, 0.1) is 17.6 Å². The van der Waals surface area contributed by atoms with Crippen LogP contribution in [0.5, 0.6) is 0 Å². The lowest BCUT2D eigenvalue weighted by atomic mass is 9.89.